The Bertz CT molecular complexity index is 899. The monoisotopic (exact) mass is 377 g/mol. The fourth-order valence-electron chi connectivity index (χ4n) is 3.32. The van der Waals surface area contributed by atoms with Crippen LogP contribution >= 0.6 is 0 Å². The summed E-state index contributed by atoms with van der Waals surface area (Å²) >= 11 is 0. The zero-order valence-electron chi connectivity index (χ0n) is 15.8. The van der Waals surface area contributed by atoms with E-state index in [1.165, 1.54) is 11.9 Å². The minimum atomic E-state index is -0.0803. The molecule has 0 bridgehead atoms. The molecule has 7 nitrogen and oxygen atoms in total. The van der Waals surface area contributed by atoms with E-state index in [1.807, 2.05) is 60.4 Å². The molecule has 2 N–H and O–H groups in total. The standard InChI is InChI=1S/C21H23N5O2/c1-15-2-6-18(7-3-15)28-19-8-4-17(5-9-19)24-21(27)26-12-10-16(11-13-26)20-22-14-23-25-20/h2-9,14,16H,10-13H2,1H3,(H,24,27)(H,22,23,25). The molecule has 0 saturated carbocycles. The fraction of sp³-hybridized carbons (Fsp3) is 0.286. The van der Waals surface area contributed by atoms with Crippen molar-refractivity contribution in [3.8, 4) is 11.5 Å². The van der Waals surface area contributed by atoms with Crippen molar-refractivity contribution < 1.29 is 9.53 Å². The lowest BCUT2D eigenvalue weighted by Crippen LogP contribution is -2.40. The van der Waals surface area contributed by atoms with Crippen molar-refractivity contribution in [2.75, 3.05) is 18.4 Å². The summed E-state index contributed by atoms with van der Waals surface area (Å²) in [7, 11) is 0. The van der Waals surface area contributed by atoms with Crippen LogP contribution in [0, 0.1) is 6.92 Å². The van der Waals surface area contributed by atoms with E-state index in [9.17, 15) is 4.79 Å². The molecule has 144 valence electrons. The van der Waals surface area contributed by atoms with E-state index in [0.29, 0.717) is 19.0 Å². The van der Waals surface area contributed by atoms with Crippen LogP contribution in [0.1, 0.15) is 30.1 Å². The fourth-order valence-corrected chi connectivity index (χ4v) is 3.32. The number of ether oxygens (including phenoxy) is 1. The zero-order valence-corrected chi connectivity index (χ0v) is 15.8. The van der Waals surface area contributed by atoms with E-state index >= 15 is 0 Å². The first-order chi connectivity index (χ1) is 13.7. The van der Waals surface area contributed by atoms with E-state index in [2.05, 4.69) is 20.5 Å². The first kappa shape index (κ1) is 18.0. The van der Waals surface area contributed by atoms with Crippen molar-refractivity contribution in [1.82, 2.24) is 20.1 Å². The van der Waals surface area contributed by atoms with E-state index in [-0.39, 0.29) is 6.03 Å². The molecule has 0 aliphatic carbocycles. The predicted molar refractivity (Wildman–Crippen MR) is 107 cm³/mol. The molecule has 1 fully saturated rings. The molecular weight excluding hydrogens is 354 g/mol. The van der Waals surface area contributed by atoms with Gasteiger partial charge in [0.15, 0.2) is 0 Å². The molecule has 0 atom stereocenters. The highest BCUT2D eigenvalue weighted by Gasteiger charge is 2.25. The van der Waals surface area contributed by atoms with Crippen LogP contribution in [0.5, 0.6) is 11.5 Å². The number of aromatic nitrogens is 3. The molecule has 1 aliphatic heterocycles. The zero-order chi connectivity index (χ0) is 19.3. The normalized spacial score (nSPS) is 14.7. The van der Waals surface area contributed by atoms with Gasteiger partial charge in [-0.3, -0.25) is 5.10 Å². The Morgan fingerprint density at radius 1 is 1.07 bits per heavy atom. The predicted octanol–water partition coefficient (Wildman–Crippen LogP) is 4.32. The molecule has 7 heteroatoms. The summed E-state index contributed by atoms with van der Waals surface area (Å²) in [4.78, 5) is 18.6. The minimum absolute atomic E-state index is 0.0803. The van der Waals surface area contributed by atoms with E-state index < -0.39 is 0 Å². The van der Waals surface area contributed by atoms with Gasteiger partial charge in [0.2, 0.25) is 0 Å². The van der Waals surface area contributed by atoms with Crippen LogP contribution in [0.3, 0.4) is 0 Å². The lowest BCUT2D eigenvalue weighted by atomic mass is 9.96. The molecule has 1 aliphatic rings. The molecule has 2 amide bonds. The number of H-pyrrole nitrogens is 1. The molecule has 2 aromatic carbocycles. The second-order valence-corrected chi connectivity index (χ2v) is 7.00. The number of likely N-dealkylation sites (tertiary alicyclic amines) is 1. The lowest BCUT2D eigenvalue weighted by molar-refractivity contribution is 0.193. The van der Waals surface area contributed by atoms with Gasteiger partial charge in [-0.25, -0.2) is 9.78 Å². The number of aromatic amines is 1. The van der Waals surface area contributed by atoms with Crippen molar-refractivity contribution in [3.63, 3.8) is 0 Å². The summed E-state index contributed by atoms with van der Waals surface area (Å²) in [5.41, 5.74) is 1.94. The number of hydrogen-bond acceptors (Lipinski definition) is 4. The number of hydrogen-bond donors (Lipinski definition) is 2. The van der Waals surface area contributed by atoms with Gasteiger partial charge >= 0.3 is 6.03 Å². The Morgan fingerprint density at radius 2 is 1.71 bits per heavy atom. The van der Waals surface area contributed by atoms with Crippen LogP contribution < -0.4 is 10.1 Å². The number of anilines is 1. The summed E-state index contributed by atoms with van der Waals surface area (Å²) in [6.45, 7) is 3.44. The molecule has 2 heterocycles. The number of piperidine rings is 1. The van der Waals surface area contributed by atoms with Crippen LogP contribution in [-0.4, -0.2) is 39.2 Å². The van der Waals surface area contributed by atoms with Gasteiger partial charge in [-0.15, -0.1) is 0 Å². The number of amides is 2. The third-order valence-corrected chi connectivity index (χ3v) is 4.96. The summed E-state index contributed by atoms with van der Waals surface area (Å²) in [5, 5.41) is 9.78. The lowest BCUT2D eigenvalue weighted by Gasteiger charge is -2.31. The van der Waals surface area contributed by atoms with Gasteiger partial charge < -0.3 is 15.0 Å². The number of nitrogens with zero attached hydrogens (tertiary/aromatic N) is 3. The number of urea groups is 1. The van der Waals surface area contributed by atoms with Crippen LogP contribution in [-0.2, 0) is 0 Å². The van der Waals surface area contributed by atoms with Gasteiger partial charge in [0.1, 0.15) is 23.7 Å². The number of carbonyl (C=O) groups excluding carboxylic acids is 1. The summed E-state index contributed by atoms with van der Waals surface area (Å²) < 4.78 is 5.82. The van der Waals surface area contributed by atoms with Gasteiger partial charge in [-0.2, -0.15) is 5.10 Å². The van der Waals surface area contributed by atoms with Crippen molar-refractivity contribution in [3.05, 3.63) is 66.2 Å². The molecular formula is C21H23N5O2. The maximum absolute atomic E-state index is 12.5. The summed E-state index contributed by atoms with van der Waals surface area (Å²) in [6.07, 6.45) is 3.29. The van der Waals surface area contributed by atoms with Crippen LogP contribution in [0.2, 0.25) is 0 Å². The largest absolute Gasteiger partial charge is 0.457 e. The summed E-state index contributed by atoms with van der Waals surface area (Å²) in [6, 6.07) is 15.2. The second-order valence-electron chi connectivity index (χ2n) is 7.00. The third-order valence-electron chi connectivity index (χ3n) is 4.96. The van der Waals surface area contributed by atoms with Gasteiger partial charge in [0.25, 0.3) is 0 Å². The van der Waals surface area contributed by atoms with Crippen LogP contribution in [0.25, 0.3) is 0 Å². The Labute approximate surface area is 163 Å². The molecule has 1 saturated heterocycles. The second kappa shape index (κ2) is 8.12. The SMILES string of the molecule is Cc1ccc(Oc2ccc(NC(=O)N3CCC(c4ncn[nH]4)CC3)cc2)cc1. The molecule has 28 heavy (non-hydrogen) atoms. The highest BCUT2D eigenvalue weighted by atomic mass is 16.5. The highest BCUT2D eigenvalue weighted by molar-refractivity contribution is 5.89. The number of benzene rings is 2. The Morgan fingerprint density at radius 3 is 2.32 bits per heavy atom. The van der Waals surface area contributed by atoms with Gasteiger partial charge in [-0.05, 0) is 56.2 Å². The number of aryl methyl sites for hydroxylation is 1. The average molecular weight is 377 g/mol. The number of carbonyl (C=O) groups is 1. The smallest absolute Gasteiger partial charge is 0.321 e. The highest BCUT2D eigenvalue weighted by Crippen LogP contribution is 2.26. The number of rotatable bonds is 4. The van der Waals surface area contributed by atoms with Crippen molar-refractivity contribution in [2.24, 2.45) is 0 Å². The third kappa shape index (κ3) is 4.31. The first-order valence-electron chi connectivity index (χ1n) is 9.43. The van der Waals surface area contributed by atoms with Gasteiger partial charge in [-0.1, -0.05) is 17.7 Å². The Hall–Kier alpha value is -3.35. The molecule has 4 rings (SSSR count). The molecule has 0 spiro atoms. The van der Waals surface area contributed by atoms with Gasteiger partial charge in [0.05, 0.1) is 0 Å². The van der Waals surface area contributed by atoms with Crippen LogP contribution in [0.4, 0.5) is 10.5 Å². The molecule has 0 unspecified atom stereocenters. The maximum Gasteiger partial charge on any atom is 0.321 e. The molecule has 3 aromatic rings. The topological polar surface area (TPSA) is 83.1 Å². The first-order valence-corrected chi connectivity index (χ1v) is 9.43. The van der Waals surface area contributed by atoms with Crippen LogP contribution in [0.15, 0.2) is 54.9 Å². The molecule has 1 aromatic heterocycles. The van der Waals surface area contributed by atoms with Crippen molar-refractivity contribution >= 4 is 11.7 Å². The van der Waals surface area contributed by atoms with Gasteiger partial charge in [0, 0.05) is 24.7 Å². The Balaban J connectivity index is 1.29. The average Bonchev–Trinajstić information content (AvgIpc) is 3.26. The maximum atomic E-state index is 12.5. The van der Waals surface area contributed by atoms with E-state index in [4.69, 9.17) is 4.74 Å². The van der Waals surface area contributed by atoms with E-state index in [0.717, 1.165) is 35.9 Å². The number of nitrogens with one attached hydrogen (secondary N) is 2. The molecule has 0 radical (unpaired) electrons. The summed E-state index contributed by atoms with van der Waals surface area (Å²) in [5.74, 6) is 2.76. The van der Waals surface area contributed by atoms with Crippen molar-refractivity contribution in [1.29, 1.82) is 0 Å². The Kier molecular flexibility index (Phi) is 5.23. The minimum Gasteiger partial charge on any atom is -0.457 e. The van der Waals surface area contributed by atoms with E-state index in [1.54, 1.807) is 0 Å². The quantitative estimate of drug-likeness (QED) is 0.709. The van der Waals surface area contributed by atoms with Crippen molar-refractivity contribution in [2.45, 2.75) is 25.7 Å².